The van der Waals surface area contributed by atoms with Crippen molar-refractivity contribution in [2.45, 2.75) is 12.8 Å². The molecule has 0 radical (unpaired) electrons. The van der Waals surface area contributed by atoms with Crippen molar-refractivity contribution in [3.63, 3.8) is 0 Å². The van der Waals surface area contributed by atoms with E-state index in [4.69, 9.17) is 16.3 Å². The lowest BCUT2D eigenvalue weighted by Gasteiger charge is -2.27. The van der Waals surface area contributed by atoms with Crippen LogP contribution in [-0.2, 0) is 9.53 Å². The summed E-state index contributed by atoms with van der Waals surface area (Å²) in [6.45, 7) is 1.10. The van der Waals surface area contributed by atoms with Crippen LogP contribution in [0.4, 0.5) is 4.39 Å². The molecular weight excluding hydrogens is 313 g/mol. The van der Waals surface area contributed by atoms with Crippen molar-refractivity contribution in [3.8, 4) is 0 Å². The van der Waals surface area contributed by atoms with Gasteiger partial charge in [0.2, 0.25) is 0 Å². The van der Waals surface area contributed by atoms with Crippen LogP contribution in [0.1, 0.15) is 23.2 Å². The van der Waals surface area contributed by atoms with Crippen molar-refractivity contribution in [3.05, 3.63) is 34.6 Å². The van der Waals surface area contributed by atoms with Crippen molar-refractivity contribution in [2.75, 3.05) is 19.8 Å². The van der Waals surface area contributed by atoms with E-state index in [1.54, 1.807) is 0 Å². The van der Waals surface area contributed by atoms with Crippen molar-refractivity contribution < 1.29 is 23.8 Å². The lowest BCUT2D eigenvalue weighted by atomic mass is 9.86. The summed E-state index contributed by atoms with van der Waals surface area (Å²) in [7, 11) is 0. The highest BCUT2D eigenvalue weighted by Gasteiger charge is 2.30. The fourth-order valence-electron chi connectivity index (χ4n) is 2.52. The number of benzene rings is 1. The molecule has 1 aromatic rings. The van der Waals surface area contributed by atoms with Gasteiger partial charge in [-0.25, -0.2) is 4.39 Å². The number of hydrogen-bond acceptors (Lipinski definition) is 3. The molecule has 2 rings (SSSR count). The fourth-order valence-corrected chi connectivity index (χ4v) is 2.70. The molecule has 1 aromatic carbocycles. The molecule has 7 heteroatoms. The van der Waals surface area contributed by atoms with Gasteiger partial charge in [0.1, 0.15) is 5.82 Å². The maximum Gasteiger partial charge on any atom is 0.308 e. The lowest BCUT2D eigenvalue weighted by Crippen LogP contribution is -2.39. The third-order valence-corrected chi connectivity index (χ3v) is 4.11. The van der Waals surface area contributed by atoms with Crippen LogP contribution in [0.25, 0.3) is 0 Å². The molecule has 1 amide bonds. The van der Waals surface area contributed by atoms with E-state index in [1.165, 1.54) is 12.1 Å². The van der Waals surface area contributed by atoms with E-state index in [-0.39, 0.29) is 23.0 Å². The number of carboxylic acid groups (broad SMARTS) is 1. The largest absolute Gasteiger partial charge is 0.481 e. The summed E-state index contributed by atoms with van der Waals surface area (Å²) >= 11 is 5.63. The molecule has 1 atom stereocenters. The van der Waals surface area contributed by atoms with Gasteiger partial charge < -0.3 is 15.2 Å². The molecule has 1 saturated heterocycles. The molecule has 0 aliphatic carbocycles. The van der Waals surface area contributed by atoms with E-state index in [9.17, 15) is 19.1 Å². The van der Waals surface area contributed by atoms with Crippen LogP contribution in [0.5, 0.6) is 0 Å². The molecule has 0 spiro atoms. The van der Waals surface area contributed by atoms with Crippen molar-refractivity contribution in [1.82, 2.24) is 5.32 Å². The van der Waals surface area contributed by atoms with Gasteiger partial charge in [0, 0.05) is 25.3 Å². The molecule has 22 heavy (non-hydrogen) atoms. The number of aliphatic carboxylic acids is 1. The van der Waals surface area contributed by atoms with E-state index in [0.29, 0.717) is 26.1 Å². The first kappa shape index (κ1) is 16.7. The summed E-state index contributed by atoms with van der Waals surface area (Å²) in [5.74, 6) is -2.71. The lowest BCUT2D eigenvalue weighted by molar-refractivity contribution is -0.144. The average Bonchev–Trinajstić information content (AvgIpc) is 2.50. The molecule has 1 heterocycles. The Morgan fingerprint density at radius 3 is 2.68 bits per heavy atom. The normalized spacial score (nSPS) is 17.0. The summed E-state index contributed by atoms with van der Waals surface area (Å²) < 4.78 is 18.3. The van der Waals surface area contributed by atoms with Crippen LogP contribution in [0, 0.1) is 17.7 Å². The number of rotatable bonds is 5. The summed E-state index contributed by atoms with van der Waals surface area (Å²) in [6.07, 6.45) is 1.32. The molecule has 0 bridgehead atoms. The Morgan fingerprint density at radius 1 is 1.41 bits per heavy atom. The smallest absolute Gasteiger partial charge is 0.308 e. The number of nitrogens with one attached hydrogen (secondary N) is 1. The molecule has 0 saturated carbocycles. The summed E-state index contributed by atoms with van der Waals surface area (Å²) in [5.41, 5.74) is 0.197. The Labute approximate surface area is 132 Å². The molecule has 1 aliphatic rings. The minimum Gasteiger partial charge on any atom is -0.481 e. The SMILES string of the molecule is O=C(NCC(C(=O)O)C1CCOCC1)c1ccc(F)c(Cl)c1. The van der Waals surface area contributed by atoms with E-state index in [2.05, 4.69) is 5.32 Å². The predicted molar refractivity (Wildman–Crippen MR) is 78.4 cm³/mol. The average molecular weight is 330 g/mol. The standard InChI is InChI=1S/C15H17ClFNO4/c16-12-7-10(1-2-13(12)17)14(19)18-8-11(15(20)21)9-3-5-22-6-4-9/h1-2,7,9,11H,3-6,8H2,(H,18,19)(H,20,21). The highest BCUT2D eigenvalue weighted by Crippen LogP contribution is 2.24. The number of ether oxygens (including phenoxy) is 1. The Morgan fingerprint density at radius 2 is 2.09 bits per heavy atom. The maximum absolute atomic E-state index is 13.1. The summed E-state index contributed by atoms with van der Waals surface area (Å²) in [4.78, 5) is 23.4. The summed E-state index contributed by atoms with van der Waals surface area (Å²) in [5, 5.41) is 11.8. The van der Waals surface area contributed by atoms with E-state index >= 15 is 0 Å². The molecule has 5 nitrogen and oxygen atoms in total. The zero-order valence-corrected chi connectivity index (χ0v) is 12.6. The second-order valence-electron chi connectivity index (χ2n) is 5.23. The van der Waals surface area contributed by atoms with Crippen LogP contribution in [0.2, 0.25) is 5.02 Å². The van der Waals surface area contributed by atoms with Gasteiger partial charge in [-0.3, -0.25) is 9.59 Å². The van der Waals surface area contributed by atoms with Gasteiger partial charge in [0.15, 0.2) is 0 Å². The minimum atomic E-state index is -0.940. The number of halogens is 2. The van der Waals surface area contributed by atoms with Crippen LogP contribution in [0.15, 0.2) is 18.2 Å². The molecule has 1 unspecified atom stereocenters. The van der Waals surface area contributed by atoms with Crippen LogP contribution in [-0.4, -0.2) is 36.7 Å². The number of hydrogen-bond donors (Lipinski definition) is 2. The molecule has 1 aliphatic heterocycles. The third kappa shape index (κ3) is 4.18. The minimum absolute atomic E-state index is 0.0217. The van der Waals surface area contributed by atoms with Gasteiger partial charge >= 0.3 is 5.97 Å². The monoisotopic (exact) mass is 329 g/mol. The van der Waals surface area contributed by atoms with E-state index in [1.807, 2.05) is 0 Å². The molecule has 120 valence electrons. The fraction of sp³-hybridized carbons (Fsp3) is 0.467. The molecule has 0 aromatic heterocycles. The Kier molecular flexibility index (Phi) is 5.74. The van der Waals surface area contributed by atoms with E-state index in [0.717, 1.165) is 6.07 Å². The predicted octanol–water partition coefficient (Wildman–Crippen LogP) is 2.34. The zero-order chi connectivity index (χ0) is 16.1. The number of carbonyl (C=O) groups is 2. The van der Waals surface area contributed by atoms with Gasteiger partial charge in [-0.2, -0.15) is 0 Å². The van der Waals surface area contributed by atoms with Crippen molar-refractivity contribution in [1.29, 1.82) is 0 Å². The quantitative estimate of drug-likeness (QED) is 0.869. The number of amides is 1. The Hall–Kier alpha value is -1.66. The third-order valence-electron chi connectivity index (χ3n) is 3.82. The molecule has 1 fully saturated rings. The van der Waals surface area contributed by atoms with Crippen LogP contribution < -0.4 is 5.32 Å². The second kappa shape index (κ2) is 7.56. The topological polar surface area (TPSA) is 75.6 Å². The van der Waals surface area contributed by atoms with Gasteiger partial charge in [0.25, 0.3) is 5.91 Å². The first-order valence-corrected chi connectivity index (χ1v) is 7.40. The summed E-state index contributed by atoms with van der Waals surface area (Å²) in [6, 6.07) is 3.63. The first-order valence-electron chi connectivity index (χ1n) is 7.03. The zero-order valence-electron chi connectivity index (χ0n) is 11.9. The molecular formula is C15H17ClFNO4. The van der Waals surface area contributed by atoms with Crippen LogP contribution >= 0.6 is 11.6 Å². The van der Waals surface area contributed by atoms with Gasteiger partial charge in [-0.15, -0.1) is 0 Å². The highest BCUT2D eigenvalue weighted by atomic mass is 35.5. The molecule has 2 N–H and O–H groups in total. The van der Waals surface area contributed by atoms with E-state index < -0.39 is 23.6 Å². The Balaban J connectivity index is 1.97. The number of carboxylic acids is 1. The Bertz CT molecular complexity index is 560. The maximum atomic E-state index is 13.1. The van der Waals surface area contributed by atoms with Gasteiger partial charge in [-0.05, 0) is 37.0 Å². The highest BCUT2D eigenvalue weighted by molar-refractivity contribution is 6.31. The van der Waals surface area contributed by atoms with Crippen LogP contribution in [0.3, 0.4) is 0 Å². The van der Waals surface area contributed by atoms with Crippen molar-refractivity contribution >= 4 is 23.5 Å². The first-order chi connectivity index (χ1) is 10.5. The van der Waals surface area contributed by atoms with Crippen molar-refractivity contribution in [2.24, 2.45) is 11.8 Å². The second-order valence-corrected chi connectivity index (χ2v) is 5.64. The van der Waals surface area contributed by atoms with Gasteiger partial charge in [0.05, 0.1) is 10.9 Å². The van der Waals surface area contributed by atoms with Gasteiger partial charge in [-0.1, -0.05) is 11.6 Å². The number of carbonyl (C=O) groups excluding carboxylic acids is 1.